The summed E-state index contributed by atoms with van der Waals surface area (Å²) in [7, 11) is 1.57. The largest absolute Gasteiger partial charge is 0.493 e. The molecule has 2 heterocycles. The van der Waals surface area contributed by atoms with Crippen molar-refractivity contribution in [3.05, 3.63) is 71.6 Å². The maximum Gasteiger partial charge on any atom is 0.257 e. The van der Waals surface area contributed by atoms with Gasteiger partial charge in [-0.05, 0) is 24.3 Å². The van der Waals surface area contributed by atoms with Crippen LogP contribution < -0.4 is 14.8 Å². The van der Waals surface area contributed by atoms with Crippen molar-refractivity contribution < 1.29 is 14.3 Å². The van der Waals surface area contributed by atoms with E-state index in [2.05, 4.69) is 15.3 Å². The van der Waals surface area contributed by atoms with Crippen LogP contribution in [0.2, 0.25) is 5.02 Å². The molecule has 1 amide bonds. The second-order valence-corrected chi connectivity index (χ2v) is 5.35. The standard InChI is InChI=1S/C18H14ClN3O3/c1-24-15-4-2-3-5-16(15)25-17-7-6-12(10-21-17)22-18(23)13-8-9-20-11-14(13)19/h2-11H,1H3,(H,22,23). The molecular formula is C18H14ClN3O3. The second kappa shape index (κ2) is 7.63. The number of carbonyl (C=O) groups is 1. The molecule has 6 nitrogen and oxygen atoms in total. The Kier molecular flexibility index (Phi) is 5.11. The number of hydrogen-bond donors (Lipinski definition) is 1. The lowest BCUT2D eigenvalue weighted by molar-refractivity contribution is 0.102. The third-order valence-corrected chi connectivity index (χ3v) is 3.60. The van der Waals surface area contributed by atoms with Gasteiger partial charge in [0, 0.05) is 18.5 Å². The smallest absolute Gasteiger partial charge is 0.257 e. The maximum atomic E-state index is 12.2. The van der Waals surface area contributed by atoms with Gasteiger partial charge in [-0.25, -0.2) is 4.98 Å². The van der Waals surface area contributed by atoms with Gasteiger partial charge in [-0.15, -0.1) is 0 Å². The Labute approximate surface area is 149 Å². The zero-order valence-electron chi connectivity index (χ0n) is 13.3. The number of rotatable bonds is 5. The first-order valence-corrected chi connectivity index (χ1v) is 7.73. The molecule has 126 valence electrons. The molecule has 7 heteroatoms. The summed E-state index contributed by atoms with van der Waals surface area (Å²) in [6.07, 6.45) is 4.42. The molecule has 0 saturated heterocycles. The highest BCUT2D eigenvalue weighted by atomic mass is 35.5. The van der Waals surface area contributed by atoms with Gasteiger partial charge in [0.15, 0.2) is 11.5 Å². The van der Waals surface area contributed by atoms with Crippen LogP contribution in [0.1, 0.15) is 10.4 Å². The van der Waals surface area contributed by atoms with Crippen LogP contribution in [-0.2, 0) is 0 Å². The van der Waals surface area contributed by atoms with Gasteiger partial charge < -0.3 is 14.8 Å². The highest BCUT2D eigenvalue weighted by Crippen LogP contribution is 2.30. The van der Waals surface area contributed by atoms with E-state index in [0.717, 1.165) is 0 Å². The summed E-state index contributed by atoms with van der Waals surface area (Å²) in [4.78, 5) is 20.2. The Bertz CT molecular complexity index is 885. The number of ether oxygens (including phenoxy) is 2. The summed E-state index contributed by atoms with van der Waals surface area (Å²) in [5.41, 5.74) is 0.858. The van der Waals surface area contributed by atoms with Crippen molar-refractivity contribution in [2.75, 3.05) is 12.4 Å². The van der Waals surface area contributed by atoms with Crippen molar-refractivity contribution >= 4 is 23.2 Å². The highest BCUT2D eigenvalue weighted by Gasteiger charge is 2.11. The van der Waals surface area contributed by atoms with Gasteiger partial charge in [0.25, 0.3) is 5.91 Å². The van der Waals surface area contributed by atoms with E-state index in [1.165, 1.54) is 18.6 Å². The molecule has 0 unspecified atom stereocenters. The minimum atomic E-state index is -0.340. The fraction of sp³-hybridized carbons (Fsp3) is 0.0556. The zero-order chi connectivity index (χ0) is 17.6. The van der Waals surface area contributed by atoms with Crippen molar-refractivity contribution in [2.45, 2.75) is 0 Å². The summed E-state index contributed by atoms with van der Waals surface area (Å²) in [6.45, 7) is 0. The van der Waals surface area contributed by atoms with Crippen LogP contribution in [0.3, 0.4) is 0 Å². The second-order valence-electron chi connectivity index (χ2n) is 4.95. The Hall–Kier alpha value is -3.12. The van der Waals surface area contributed by atoms with Crippen LogP contribution >= 0.6 is 11.6 Å². The van der Waals surface area contributed by atoms with Crippen LogP contribution in [0.4, 0.5) is 5.69 Å². The predicted molar refractivity (Wildman–Crippen MR) is 94.5 cm³/mol. The Morgan fingerprint density at radius 1 is 1.08 bits per heavy atom. The van der Waals surface area contributed by atoms with Gasteiger partial charge in [0.05, 0.1) is 29.6 Å². The number of para-hydroxylation sites is 2. The van der Waals surface area contributed by atoms with Gasteiger partial charge in [-0.2, -0.15) is 0 Å². The molecule has 3 rings (SSSR count). The summed E-state index contributed by atoms with van der Waals surface area (Å²) >= 11 is 5.96. The molecule has 1 aromatic carbocycles. The minimum absolute atomic E-state index is 0.282. The van der Waals surface area contributed by atoms with E-state index in [9.17, 15) is 4.79 Å². The lowest BCUT2D eigenvalue weighted by Gasteiger charge is -2.10. The molecule has 0 saturated carbocycles. The molecule has 2 aromatic heterocycles. The van der Waals surface area contributed by atoms with Crippen molar-refractivity contribution in [1.29, 1.82) is 0 Å². The average Bonchev–Trinajstić information content (AvgIpc) is 2.64. The van der Waals surface area contributed by atoms with E-state index in [0.29, 0.717) is 28.6 Å². The number of nitrogens with zero attached hydrogens (tertiary/aromatic N) is 2. The molecule has 0 radical (unpaired) electrons. The molecule has 3 aromatic rings. The highest BCUT2D eigenvalue weighted by molar-refractivity contribution is 6.34. The van der Waals surface area contributed by atoms with E-state index in [-0.39, 0.29) is 10.9 Å². The Balaban J connectivity index is 1.70. The number of carbonyl (C=O) groups excluding carboxylic acids is 1. The SMILES string of the molecule is COc1ccccc1Oc1ccc(NC(=O)c2ccncc2Cl)cn1. The average molecular weight is 356 g/mol. The quantitative estimate of drug-likeness (QED) is 0.743. The van der Waals surface area contributed by atoms with Crippen molar-refractivity contribution in [2.24, 2.45) is 0 Å². The molecule has 0 aliphatic rings. The van der Waals surface area contributed by atoms with Gasteiger partial charge in [0.1, 0.15) is 0 Å². The number of benzene rings is 1. The van der Waals surface area contributed by atoms with E-state index in [1.54, 1.807) is 37.4 Å². The van der Waals surface area contributed by atoms with Crippen LogP contribution in [0.15, 0.2) is 61.1 Å². The first-order chi connectivity index (χ1) is 12.2. The Morgan fingerprint density at radius 3 is 2.56 bits per heavy atom. The number of nitrogens with one attached hydrogen (secondary N) is 1. The van der Waals surface area contributed by atoms with Gasteiger partial charge in [0.2, 0.25) is 5.88 Å². The van der Waals surface area contributed by atoms with Crippen molar-refractivity contribution in [3.63, 3.8) is 0 Å². The minimum Gasteiger partial charge on any atom is -0.493 e. The molecule has 0 aliphatic carbocycles. The van der Waals surface area contributed by atoms with Crippen molar-refractivity contribution in [1.82, 2.24) is 9.97 Å². The molecule has 0 bridgehead atoms. The molecule has 25 heavy (non-hydrogen) atoms. The Morgan fingerprint density at radius 2 is 1.88 bits per heavy atom. The molecule has 0 spiro atoms. The molecule has 1 N–H and O–H groups in total. The van der Waals surface area contributed by atoms with Gasteiger partial charge >= 0.3 is 0 Å². The normalized spacial score (nSPS) is 10.2. The number of hydrogen-bond acceptors (Lipinski definition) is 5. The fourth-order valence-corrected chi connectivity index (χ4v) is 2.29. The van der Waals surface area contributed by atoms with E-state index in [4.69, 9.17) is 21.1 Å². The topological polar surface area (TPSA) is 73.3 Å². The van der Waals surface area contributed by atoms with E-state index in [1.807, 2.05) is 12.1 Å². The number of anilines is 1. The van der Waals surface area contributed by atoms with Gasteiger partial charge in [-0.3, -0.25) is 9.78 Å². The van der Waals surface area contributed by atoms with Crippen LogP contribution in [0.25, 0.3) is 0 Å². The number of halogens is 1. The number of methoxy groups -OCH3 is 1. The third-order valence-electron chi connectivity index (χ3n) is 3.29. The van der Waals surface area contributed by atoms with Crippen LogP contribution in [0.5, 0.6) is 17.4 Å². The number of amides is 1. The molecule has 0 atom stereocenters. The number of aromatic nitrogens is 2. The summed E-state index contributed by atoms with van der Waals surface area (Å²) < 4.78 is 10.9. The summed E-state index contributed by atoms with van der Waals surface area (Å²) in [5.74, 6) is 1.20. The number of pyridine rings is 2. The van der Waals surface area contributed by atoms with Crippen LogP contribution in [-0.4, -0.2) is 23.0 Å². The first kappa shape index (κ1) is 16.7. The van der Waals surface area contributed by atoms with E-state index < -0.39 is 0 Å². The predicted octanol–water partition coefficient (Wildman–Crippen LogP) is 4.18. The molecule has 0 aliphatic heterocycles. The van der Waals surface area contributed by atoms with Crippen LogP contribution in [0, 0.1) is 0 Å². The fourth-order valence-electron chi connectivity index (χ4n) is 2.09. The first-order valence-electron chi connectivity index (χ1n) is 7.35. The zero-order valence-corrected chi connectivity index (χ0v) is 14.0. The lowest BCUT2D eigenvalue weighted by atomic mass is 10.2. The van der Waals surface area contributed by atoms with E-state index >= 15 is 0 Å². The molecule has 0 fully saturated rings. The molecular weight excluding hydrogens is 342 g/mol. The third kappa shape index (κ3) is 4.05. The summed E-state index contributed by atoms with van der Waals surface area (Å²) in [5, 5.41) is 3.00. The maximum absolute atomic E-state index is 12.2. The lowest BCUT2D eigenvalue weighted by Crippen LogP contribution is -2.12. The van der Waals surface area contributed by atoms with Gasteiger partial charge in [-0.1, -0.05) is 23.7 Å². The summed E-state index contributed by atoms with van der Waals surface area (Å²) in [6, 6.07) is 12.1. The van der Waals surface area contributed by atoms with Crippen molar-refractivity contribution in [3.8, 4) is 17.4 Å². The monoisotopic (exact) mass is 355 g/mol.